The zero-order chi connectivity index (χ0) is 23.1. The highest BCUT2D eigenvalue weighted by molar-refractivity contribution is 6.00. The summed E-state index contributed by atoms with van der Waals surface area (Å²) in [5.41, 5.74) is 9.35. The van der Waals surface area contributed by atoms with Crippen LogP contribution in [0.2, 0.25) is 0 Å². The Balaban J connectivity index is 1.74. The number of nitro groups is 1. The number of benzene rings is 3. The average molecular weight is 440 g/mol. The van der Waals surface area contributed by atoms with Crippen LogP contribution in [0.1, 0.15) is 5.56 Å². The van der Waals surface area contributed by atoms with Crippen molar-refractivity contribution in [3.63, 3.8) is 0 Å². The van der Waals surface area contributed by atoms with Crippen molar-refractivity contribution in [2.24, 2.45) is 5.73 Å². The molecule has 0 bridgehead atoms. The van der Waals surface area contributed by atoms with Gasteiger partial charge in [0.1, 0.15) is 11.6 Å². The number of tetrazole rings is 1. The normalized spacial score (nSPS) is 11.0. The van der Waals surface area contributed by atoms with Gasteiger partial charge in [0, 0.05) is 45.3 Å². The third-order valence-corrected chi connectivity index (χ3v) is 5.32. The predicted octanol–water partition coefficient (Wildman–Crippen LogP) is 3.58. The van der Waals surface area contributed by atoms with Crippen LogP contribution in [-0.4, -0.2) is 41.5 Å². The minimum Gasteiger partial charge on any atom is -0.507 e. The maximum atomic E-state index is 11.3. The van der Waals surface area contributed by atoms with Gasteiger partial charge < -0.3 is 15.8 Å². The van der Waals surface area contributed by atoms with Gasteiger partial charge >= 0.3 is 0 Å². The lowest BCUT2D eigenvalue weighted by Crippen LogP contribution is -2.10. The smallest absolute Gasteiger partial charge is 0.270 e. The molecule has 5 rings (SSSR count). The molecule has 0 spiro atoms. The van der Waals surface area contributed by atoms with E-state index in [-0.39, 0.29) is 17.3 Å². The van der Waals surface area contributed by atoms with Gasteiger partial charge in [0.2, 0.25) is 0 Å². The number of nitro benzene ring substituents is 1. The number of rotatable bonds is 5. The number of aromatic hydroxyl groups is 1. The fraction of sp³-hybridized carbons (Fsp3) is 0. The van der Waals surface area contributed by atoms with Gasteiger partial charge in [-0.1, -0.05) is 12.1 Å². The Hall–Kier alpha value is -5.06. The first-order valence-corrected chi connectivity index (χ1v) is 9.74. The van der Waals surface area contributed by atoms with Crippen molar-refractivity contribution in [1.82, 2.24) is 25.6 Å². The molecule has 0 atom stereocenters. The fourth-order valence-corrected chi connectivity index (χ4v) is 3.71. The fourth-order valence-electron chi connectivity index (χ4n) is 3.71. The second kappa shape index (κ2) is 7.57. The van der Waals surface area contributed by atoms with Gasteiger partial charge in [-0.3, -0.25) is 15.5 Å². The van der Waals surface area contributed by atoms with E-state index in [4.69, 9.17) is 11.1 Å². The molecule has 0 amide bonds. The Morgan fingerprint density at radius 3 is 2.61 bits per heavy atom. The number of amidine groups is 1. The van der Waals surface area contributed by atoms with Crippen LogP contribution in [0.5, 0.6) is 5.75 Å². The highest BCUT2D eigenvalue weighted by atomic mass is 16.6. The molecular formula is C22H16N8O3. The highest BCUT2D eigenvalue weighted by Crippen LogP contribution is 2.42. The summed E-state index contributed by atoms with van der Waals surface area (Å²) in [6.07, 6.45) is 0. The molecule has 33 heavy (non-hydrogen) atoms. The Morgan fingerprint density at radius 2 is 1.88 bits per heavy atom. The van der Waals surface area contributed by atoms with E-state index < -0.39 is 4.92 Å². The van der Waals surface area contributed by atoms with E-state index in [1.807, 2.05) is 6.07 Å². The predicted molar refractivity (Wildman–Crippen MR) is 122 cm³/mol. The van der Waals surface area contributed by atoms with Crippen molar-refractivity contribution in [1.29, 1.82) is 5.41 Å². The summed E-state index contributed by atoms with van der Waals surface area (Å²) in [5, 5.41) is 44.8. The second-order valence-electron chi connectivity index (χ2n) is 7.38. The van der Waals surface area contributed by atoms with Gasteiger partial charge in [-0.25, -0.2) is 5.10 Å². The third-order valence-electron chi connectivity index (χ3n) is 5.32. The van der Waals surface area contributed by atoms with Crippen LogP contribution in [-0.2, 0) is 0 Å². The van der Waals surface area contributed by atoms with E-state index in [0.717, 1.165) is 10.9 Å². The van der Waals surface area contributed by atoms with E-state index in [2.05, 4.69) is 25.6 Å². The maximum absolute atomic E-state index is 11.3. The van der Waals surface area contributed by atoms with Crippen LogP contribution in [0.15, 0.2) is 60.7 Å². The molecule has 3 aromatic carbocycles. The van der Waals surface area contributed by atoms with Crippen molar-refractivity contribution >= 4 is 22.4 Å². The van der Waals surface area contributed by atoms with E-state index in [0.29, 0.717) is 39.3 Å². The molecule has 5 aromatic rings. The van der Waals surface area contributed by atoms with Gasteiger partial charge in [-0.15, -0.1) is 5.10 Å². The number of nitrogens with one attached hydrogen (secondary N) is 3. The summed E-state index contributed by atoms with van der Waals surface area (Å²) in [6.45, 7) is 0. The average Bonchev–Trinajstić information content (AvgIpc) is 3.49. The van der Waals surface area contributed by atoms with Crippen LogP contribution in [0.3, 0.4) is 0 Å². The lowest BCUT2D eigenvalue weighted by molar-refractivity contribution is -0.384. The largest absolute Gasteiger partial charge is 0.507 e. The van der Waals surface area contributed by atoms with Crippen LogP contribution in [0, 0.1) is 15.5 Å². The molecule has 6 N–H and O–H groups in total. The number of H-pyrrole nitrogens is 2. The first-order valence-electron chi connectivity index (χ1n) is 9.74. The number of nitrogens with two attached hydrogens (primary N) is 1. The SMILES string of the molecule is N=C(N)c1ccc2[nH]c(-c3cc(-c4nnn[nH]4)cc(-c4cccc([N+](=O)[O-])c4)c3O)cc2c1. The van der Waals surface area contributed by atoms with Crippen LogP contribution in [0.25, 0.3) is 44.7 Å². The quantitative estimate of drug-likeness (QED) is 0.120. The molecule has 0 saturated heterocycles. The lowest BCUT2D eigenvalue weighted by atomic mass is 9.96. The summed E-state index contributed by atoms with van der Waals surface area (Å²) in [5.74, 6) is 0.262. The summed E-state index contributed by atoms with van der Waals surface area (Å²) in [4.78, 5) is 14.0. The van der Waals surface area contributed by atoms with E-state index in [9.17, 15) is 15.2 Å². The molecule has 0 saturated carbocycles. The number of phenols is 1. The summed E-state index contributed by atoms with van der Waals surface area (Å²) >= 11 is 0. The maximum Gasteiger partial charge on any atom is 0.270 e. The first kappa shape index (κ1) is 19.9. The number of hydrogen-bond donors (Lipinski definition) is 5. The molecule has 162 valence electrons. The lowest BCUT2D eigenvalue weighted by Gasteiger charge is -2.12. The highest BCUT2D eigenvalue weighted by Gasteiger charge is 2.19. The Labute approximate surface area is 185 Å². The number of aromatic amines is 2. The number of nitrogens with zero attached hydrogens (tertiary/aromatic N) is 4. The van der Waals surface area contributed by atoms with Gasteiger partial charge in [0.15, 0.2) is 5.82 Å². The summed E-state index contributed by atoms with van der Waals surface area (Å²) in [6, 6.07) is 16.5. The molecule has 0 radical (unpaired) electrons. The van der Waals surface area contributed by atoms with Gasteiger partial charge in [-0.2, -0.15) is 0 Å². The van der Waals surface area contributed by atoms with E-state index >= 15 is 0 Å². The van der Waals surface area contributed by atoms with Gasteiger partial charge in [-0.05, 0) is 52.4 Å². The standard InChI is InChI=1S/C22H16N8O3/c23-21(24)12-4-5-18-13(6-12)10-19(25-18)17-9-14(22-26-28-29-27-22)8-16(20(17)31)11-2-1-3-15(7-11)30(32)33/h1-10,25,31H,(H3,23,24)(H,26,27,28,29). The number of hydrogen-bond acceptors (Lipinski definition) is 7. The Morgan fingerprint density at radius 1 is 1.06 bits per heavy atom. The second-order valence-corrected chi connectivity index (χ2v) is 7.38. The molecule has 0 fully saturated rings. The topological polar surface area (TPSA) is 183 Å². The first-order chi connectivity index (χ1) is 15.9. The zero-order valence-corrected chi connectivity index (χ0v) is 16.9. The summed E-state index contributed by atoms with van der Waals surface area (Å²) < 4.78 is 0. The monoisotopic (exact) mass is 440 g/mol. The number of nitrogen functional groups attached to an aromatic ring is 1. The minimum atomic E-state index is -0.490. The van der Waals surface area contributed by atoms with Crippen molar-refractivity contribution in [2.45, 2.75) is 0 Å². The van der Waals surface area contributed by atoms with Crippen molar-refractivity contribution < 1.29 is 10.0 Å². The molecule has 11 nitrogen and oxygen atoms in total. The van der Waals surface area contributed by atoms with Crippen molar-refractivity contribution in [2.75, 3.05) is 0 Å². The number of fused-ring (bicyclic) bond motifs is 1. The van der Waals surface area contributed by atoms with E-state index in [1.165, 1.54) is 12.1 Å². The number of phenolic OH excluding ortho intramolecular Hbond substituents is 1. The van der Waals surface area contributed by atoms with Crippen molar-refractivity contribution in [3.8, 4) is 39.5 Å². The third kappa shape index (κ3) is 3.53. The van der Waals surface area contributed by atoms with Crippen LogP contribution >= 0.6 is 0 Å². The number of non-ortho nitro benzene ring substituents is 1. The van der Waals surface area contributed by atoms with Crippen LogP contribution < -0.4 is 5.73 Å². The Bertz CT molecular complexity index is 1540. The molecular weight excluding hydrogens is 424 g/mol. The molecule has 0 unspecified atom stereocenters. The molecule has 2 aromatic heterocycles. The molecule has 0 aliphatic heterocycles. The molecule has 11 heteroatoms. The zero-order valence-electron chi connectivity index (χ0n) is 16.9. The molecule has 0 aliphatic carbocycles. The molecule has 0 aliphatic rings. The van der Waals surface area contributed by atoms with Crippen LogP contribution in [0.4, 0.5) is 5.69 Å². The number of aromatic nitrogens is 5. The van der Waals surface area contributed by atoms with Crippen molar-refractivity contribution in [3.05, 3.63) is 76.3 Å². The summed E-state index contributed by atoms with van der Waals surface area (Å²) in [7, 11) is 0. The molecule has 2 heterocycles. The Kier molecular flexibility index (Phi) is 4.56. The minimum absolute atomic E-state index is 0.0460. The van der Waals surface area contributed by atoms with E-state index in [1.54, 1.807) is 42.5 Å². The van der Waals surface area contributed by atoms with Gasteiger partial charge in [0.25, 0.3) is 5.69 Å². The van der Waals surface area contributed by atoms with Gasteiger partial charge in [0.05, 0.1) is 10.6 Å².